The van der Waals surface area contributed by atoms with E-state index < -0.39 is 11.2 Å². The molecule has 0 saturated carbocycles. The number of rotatable bonds is 4. The Morgan fingerprint density at radius 3 is 1.82 bits per heavy atom. The molecule has 3 heterocycles. The standard InChI is InChI=1S/C39H49N4O7.ClH/c1-38(2,3)49-36(44)42-20-16-40(17-21-42)26-12-14-28-32(24-26)48-33-25-27(41-18-22-43(23-19-41)37(45)50-39(4,5)6)13-15-29(33)34(28)35-30(46-7)10-9-11-31(35)47-8;/h9-15,24-25H,16-23H2,1-8H3;1H/q+1;/p-1. The number of hydrogen-bond donors (Lipinski definition) is 0. The summed E-state index contributed by atoms with van der Waals surface area (Å²) in [6.45, 7) is 16.2. The fraction of sp³-hybridized carbons (Fsp3) is 0.462. The molecule has 6 rings (SSSR count). The maximum absolute atomic E-state index is 12.7. The number of amides is 2. The van der Waals surface area contributed by atoms with Crippen molar-refractivity contribution in [1.82, 2.24) is 14.4 Å². The van der Waals surface area contributed by atoms with Crippen LogP contribution in [0.4, 0.5) is 15.3 Å². The summed E-state index contributed by atoms with van der Waals surface area (Å²) in [5, 5.41) is 1.94. The third-order valence-electron chi connectivity index (χ3n) is 8.96. The number of methoxy groups -OCH3 is 2. The molecule has 4 aliphatic rings. The van der Waals surface area contributed by atoms with Crippen molar-refractivity contribution in [3.05, 3.63) is 60.0 Å². The van der Waals surface area contributed by atoms with E-state index in [0.717, 1.165) is 44.5 Å². The lowest BCUT2D eigenvalue weighted by atomic mass is 9.92. The van der Waals surface area contributed by atoms with E-state index in [1.165, 1.54) is 0 Å². The Bertz CT molecular complexity index is 1900. The first-order valence-corrected chi connectivity index (χ1v) is 17.3. The summed E-state index contributed by atoms with van der Waals surface area (Å²) >= 11 is 0. The smallest absolute Gasteiger partial charge is 0.410 e. The number of nitrogens with zero attached hydrogens (tertiary/aromatic N) is 4. The third kappa shape index (κ3) is 8.30. The van der Waals surface area contributed by atoms with Crippen molar-refractivity contribution in [3.63, 3.8) is 0 Å². The molecule has 1 aliphatic carbocycles. The lowest BCUT2D eigenvalue weighted by molar-refractivity contribution is -0.0000962. The van der Waals surface area contributed by atoms with E-state index in [1.54, 1.807) is 24.0 Å². The van der Waals surface area contributed by atoms with Crippen LogP contribution in [0.3, 0.4) is 0 Å². The van der Waals surface area contributed by atoms with Gasteiger partial charge in [0.1, 0.15) is 34.0 Å². The van der Waals surface area contributed by atoms with Gasteiger partial charge < -0.3 is 45.6 Å². The summed E-state index contributed by atoms with van der Waals surface area (Å²) in [6, 6.07) is 18.4. The van der Waals surface area contributed by atoms with Gasteiger partial charge in [0.25, 0.3) is 0 Å². The molecule has 0 atom stereocenters. The molecule has 51 heavy (non-hydrogen) atoms. The summed E-state index contributed by atoms with van der Waals surface area (Å²) in [5.74, 6) is 2.12. The number of fused-ring (bicyclic) bond motifs is 2. The van der Waals surface area contributed by atoms with Crippen LogP contribution in [0.1, 0.15) is 41.5 Å². The number of benzene rings is 3. The molecule has 2 saturated heterocycles. The van der Waals surface area contributed by atoms with Crippen LogP contribution in [0.5, 0.6) is 11.5 Å². The third-order valence-corrected chi connectivity index (χ3v) is 8.96. The lowest BCUT2D eigenvalue weighted by Gasteiger charge is -2.36. The van der Waals surface area contributed by atoms with Gasteiger partial charge in [0.2, 0.25) is 5.36 Å². The van der Waals surface area contributed by atoms with E-state index in [-0.39, 0.29) is 24.6 Å². The number of anilines is 1. The minimum Gasteiger partial charge on any atom is -1.00 e. The van der Waals surface area contributed by atoms with Crippen LogP contribution in [-0.4, -0.2) is 99.8 Å². The highest BCUT2D eigenvalue weighted by molar-refractivity contribution is 6.05. The molecule has 274 valence electrons. The van der Waals surface area contributed by atoms with Gasteiger partial charge in [-0.2, -0.15) is 0 Å². The van der Waals surface area contributed by atoms with Gasteiger partial charge in [0.05, 0.1) is 38.9 Å². The van der Waals surface area contributed by atoms with Crippen LogP contribution in [0.25, 0.3) is 33.4 Å². The SMILES string of the molecule is COc1cccc(OC)c1-c1c2ccc(=[N+]3CCN(C(=O)OC(C)(C)C)CC3)cc-2oc2cc(N3CCN(C(=O)OC(C)(C)C)CC3)ccc12.[Cl-]. The summed E-state index contributed by atoms with van der Waals surface area (Å²) in [4.78, 5) is 31.2. The molecule has 11 nitrogen and oxygen atoms in total. The van der Waals surface area contributed by atoms with Crippen molar-refractivity contribution in [1.29, 1.82) is 0 Å². The predicted molar refractivity (Wildman–Crippen MR) is 194 cm³/mol. The van der Waals surface area contributed by atoms with Crippen LogP contribution < -0.4 is 36.7 Å². The summed E-state index contributed by atoms with van der Waals surface area (Å²) in [6.07, 6.45) is -0.566. The van der Waals surface area contributed by atoms with Crippen molar-refractivity contribution >= 4 is 28.8 Å². The van der Waals surface area contributed by atoms with Crippen molar-refractivity contribution in [2.75, 3.05) is 71.5 Å². The van der Waals surface area contributed by atoms with E-state index in [9.17, 15) is 9.59 Å². The van der Waals surface area contributed by atoms with E-state index in [4.69, 9.17) is 23.4 Å². The monoisotopic (exact) mass is 720 g/mol. The van der Waals surface area contributed by atoms with Gasteiger partial charge in [0, 0.05) is 60.5 Å². The van der Waals surface area contributed by atoms with Crippen molar-refractivity contribution in [3.8, 4) is 33.9 Å². The van der Waals surface area contributed by atoms with E-state index in [0.29, 0.717) is 63.9 Å². The van der Waals surface area contributed by atoms with Crippen LogP contribution in [0, 0.1) is 0 Å². The Labute approximate surface area is 306 Å². The normalized spacial score (nSPS) is 15.5. The average Bonchev–Trinajstić information content (AvgIpc) is 3.08. The fourth-order valence-electron chi connectivity index (χ4n) is 6.58. The number of hydrogen-bond acceptors (Lipinski definition) is 8. The van der Waals surface area contributed by atoms with Crippen LogP contribution >= 0.6 is 0 Å². The number of carbonyl (C=O) groups is 2. The molecule has 0 spiro atoms. The second-order valence-electron chi connectivity index (χ2n) is 14.8. The summed E-state index contributed by atoms with van der Waals surface area (Å²) < 4.78 is 32.0. The molecule has 0 unspecified atom stereocenters. The first kappa shape index (κ1) is 37.6. The van der Waals surface area contributed by atoms with Gasteiger partial charge in [0.15, 0.2) is 13.1 Å². The maximum atomic E-state index is 12.7. The highest BCUT2D eigenvalue weighted by atomic mass is 35.5. The molecule has 2 aromatic rings. The number of piperazine rings is 2. The van der Waals surface area contributed by atoms with E-state index >= 15 is 0 Å². The molecule has 0 aromatic heterocycles. The van der Waals surface area contributed by atoms with Crippen molar-refractivity contribution in [2.24, 2.45) is 0 Å². The molecule has 12 heteroatoms. The Kier molecular flexibility index (Phi) is 11.0. The fourth-order valence-corrected chi connectivity index (χ4v) is 6.58. The molecule has 0 radical (unpaired) electrons. The number of carbonyl (C=O) groups excluding carboxylic acids is 2. The number of ether oxygens (including phenoxy) is 4. The minimum atomic E-state index is -0.535. The first-order valence-electron chi connectivity index (χ1n) is 17.3. The van der Waals surface area contributed by atoms with Gasteiger partial charge in [-0.05, 0) is 71.9 Å². The second kappa shape index (κ2) is 14.9. The Hall–Kier alpha value is -4.64. The molecule has 2 fully saturated rings. The van der Waals surface area contributed by atoms with Crippen LogP contribution in [0.15, 0.2) is 59.0 Å². The maximum Gasteiger partial charge on any atom is 0.410 e. The largest absolute Gasteiger partial charge is 1.00 e. The van der Waals surface area contributed by atoms with Gasteiger partial charge in [-0.15, -0.1) is 0 Å². The summed E-state index contributed by atoms with van der Waals surface area (Å²) in [7, 11) is 3.33. The zero-order valence-electron chi connectivity index (χ0n) is 30.9. The zero-order chi connectivity index (χ0) is 35.8. The lowest BCUT2D eigenvalue weighted by Crippen LogP contribution is -3.00. The van der Waals surface area contributed by atoms with Crippen LogP contribution in [-0.2, 0) is 9.47 Å². The van der Waals surface area contributed by atoms with E-state index in [1.807, 2.05) is 59.7 Å². The summed E-state index contributed by atoms with van der Waals surface area (Å²) in [5.41, 5.74) is 3.39. The minimum absolute atomic E-state index is 0. The second-order valence-corrected chi connectivity index (χ2v) is 14.8. The average molecular weight is 721 g/mol. The Morgan fingerprint density at radius 2 is 1.27 bits per heavy atom. The number of halogens is 1. The molecule has 2 aromatic carbocycles. The Balaban J connectivity index is 0.00000504. The first-order chi connectivity index (χ1) is 23.7. The topological polar surface area (TPSA) is 96.9 Å². The van der Waals surface area contributed by atoms with Crippen LogP contribution in [0.2, 0.25) is 0 Å². The quantitative estimate of drug-likeness (QED) is 0.234. The van der Waals surface area contributed by atoms with E-state index in [2.05, 4.69) is 45.9 Å². The Morgan fingerprint density at radius 1 is 0.706 bits per heavy atom. The van der Waals surface area contributed by atoms with Crippen molar-refractivity contribution < 1.29 is 45.4 Å². The molecular weight excluding hydrogens is 672 g/mol. The zero-order valence-corrected chi connectivity index (χ0v) is 31.6. The van der Waals surface area contributed by atoms with Gasteiger partial charge in [-0.1, -0.05) is 6.07 Å². The molecular formula is C39H49ClN4O7. The van der Waals surface area contributed by atoms with Gasteiger partial charge >= 0.3 is 12.2 Å². The highest BCUT2D eigenvalue weighted by Crippen LogP contribution is 2.47. The molecule has 2 amide bonds. The van der Waals surface area contributed by atoms with Gasteiger partial charge in [-0.3, -0.25) is 4.90 Å². The molecule has 3 aliphatic heterocycles. The molecule has 0 bridgehead atoms. The van der Waals surface area contributed by atoms with Gasteiger partial charge in [-0.25, -0.2) is 14.2 Å². The predicted octanol–water partition coefficient (Wildman–Crippen LogP) is 3.31. The highest BCUT2D eigenvalue weighted by Gasteiger charge is 2.30. The van der Waals surface area contributed by atoms with Crippen molar-refractivity contribution in [2.45, 2.75) is 52.7 Å². The molecule has 0 N–H and O–H groups in total.